The van der Waals surface area contributed by atoms with Gasteiger partial charge in [-0.1, -0.05) is 13.3 Å². The second kappa shape index (κ2) is 7.21. The van der Waals surface area contributed by atoms with Gasteiger partial charge >= 0.3 is 6.18 Å². The number of rotatable bonds is 7. The molecule has 0 amide bonds. The van der Waals surface area contributed by atoms with Crippen LogP contribution in [-0.4, -0.2) is 31.0 Å². The fraction of sp³-hybridized carbons (Fsp3) is 1.00. The van der Waals surface area contributed by atoms with Crippen LogP contribution in [-0.2, 0) is 4.74 Å². The smallest absolute Gasteiger partial charge is 0.377 e. The minimum absolute atomic E-state index is 0.0423. The van der Waals surface area contributed by atoms with Gasteiger partial charge in [-0.3, -0.25) is 0 Å². The molecule has 0 aliphatic rings. The van der Waals surface area contributed by atoms with E-state index in [1.165, 1.54) is 0 Å². The zero-order valence-corrected chi connectivity index (χ0v) is 11.2. The van der Waals surface area contributed by atoms with Gasteiger partial charge in [-0.15, -0.1) is 0 Å². The highest BCUT2D eigenvalue weighted by Crippen LogP contribution is 2.19. The summed E-state index contributed by atoms with van der Waals surface area (Å²) in [4.78, 5) is 0. The molecule has 0 rings (SSSR count). The van der Waals surface area contributed by atoms with Crippen LogP contribution >= 0.6 is 0 Å². The zero-order valence-electron chi connectivity index (χ0n) is 11.2. The first kappa shape index (κ1) is 16.7. The molecule has 0 spiro atoms. The van der Waals surface area contributed by atoms with E-state index in [2.05, 4.69) is 5.32 Å². The van der Waals surface area contributed by atoms with Crippen molar-refractivity contribution in [3.8, 4) is 0 Å². The van der Waals surface area contributed by atoms with Gasteiger partial charge in [0, 0.05) is 12.1 Å². The molecule has 2 nitrogen and oxygen atoms in total. The van der Waals surface area contributed by atoms with Crippen LogP contribution < -0.4 is 5.32 Å². The van der Waals surface area contributed by atoms with E-state index < -0.39 is 12.6 Å². The maximum Gasteiger partial charge on any atom is 0.391 e. The summed E-state index contributed by atoms with van der Waals surface area (Å²) in [5.41, 5.74) is -0.0423. The molecule has 0 fully saturated rings. The molecule has 0 heterocycles. The fourth-order valence-electron chi connectivity index (χ4n) is 1.33. The predicted molar refractivity (Wildman–Crippen MR) is 63.1 cm³/mol. The molecule has 0 aliphatic carbocycles. The Morgan fingerprint density at radius 1 is 1.18 bits per heavy atom. The lowest BCUT2D eigenvalue weighted by molar-refractivity contribution is -0.149. The summed E-state index contributed by atoms with van der Waals surface area (Å²) in [6.45, 7) is 8.40. The first-order chi connectivity index (χ1) is 7.64. The van der Waals surface area contributed by atoms with Crippen molar-refractivity contribution in [2.24, 2.45) is 0 Å². The predicted octanol–water partition coefficient (Wildman–Crippen LogP) is 3.51. The molecule has 1 unspecified atom stereocenters. The van der Waals surface area contributed by atoms with E-state index in [1.807, 2.05) is 27.7 Å². The van der Waals surface area contributed by atoms with Crippen molar-refractivity contribution in [3.63, 3.8) is 0 Å². The van der Waals surface area contributed by atoms with Crippen LogP contribution in [0.3, 0.4) is 0 Å². The summed E-state index contributed by atoms with van der Waals surface area (Å²) in [5.74, 6) is 0. The van der Waals surface area contributed by atoms with Crippen LogP contribution in [0.4, 0.5) is 13.2 Å². The highest BCUT2D eigenvalue weighted by molar-refractivity contribution is 4.73. The largest absolute Gasteiger partial charge is 0.391 e. The maximum atomic E-state index is 12.0. The molecule has 0 aromatic carbocycles. The zero-order chi connectivity index (χ0) is 13.5. The van der Waals surface area contributed by atoms with Crippen LogP contribution in [0.2, 0.25) is 0 Å². The number of hydrogen-bond donors (Lipinski definition) is 1. The topological polar surface area (TPSA) is 21.3 Å². The molecule has 0 saturated carbocycles. The molecule has 0 aromatic heterocycles. The van der Waals surface area contributed by atoms with E-state index >= 15 is 0 Å². The Morgan fingerprint density at radius 3 is 2.18 bits per heavy atom. The van der Waals surface area contributed by atoms with Crippen LogP contribution in [0.25, 0.3) is 0 Å². The Kier molecular flexibility index (Phi) is 7.09. The number of ether oxygens (including phenoxy) is 1. The summed E-state index contributed by atoms with van der Waals surface area (Å²) in [6, 6.07) is 0. The van der Waals surface area contributed by atoms with Gasteiger partial charge in [0.05, 0.1) is 19.1 Å². The van der Waals surface area contributed by atoms with Gasteiger partial charge in [0.15, 0.2) is 0 Å². The monoisotopic (exact) mass is 255 g/mol. The molecule has 1 N–H and O–H groups in total. The van der Waals surface area contributed by atoms with E-state index in [4.69, 9.17) is 4.74 Å². The maximum absolute atomic E-state index is 12.0. The van der Waals surface area contributed by atoms with E-state index in [1.54, 1.807) is 0 Å². The summed E-state index contributed by atoms with van der Waals surface area (Å²) in [7, 11) is 0. The molecule has 0 bridgehead atoms. The Labute approximate surface area is 102 Å². The van der Waals surface area contributed by atoms with Gasteiger partial charge in [0.1, 0.15) is 0 Å². The third-order valence-electron chi connectivity index (χ3n) is 2.21. The summed E-state index contributed by atoms with van der Waals surface area (Å²) >= 11 is 0. The minimum Gasteiger partial charge on any atom is -0.377 e. The van der Waals surface area contributed by atoms with Crippen molar-refractivity contribution in [1.82, 2.24) is 5.32 Å². The summed E-state index contributed by atoms with van der Waals surface area (Å²) in [6.07, 6.45) is -3.46. The van der Waals surface area contributed by atoms with Crippen molar-refractivity contribution in [3.05, 3.63) is 0 Å². The van der Waals surface area contributed by atoms with Gasteiger partial charge in [-0.05, 0) is 27.2 Å². The van der Waals surface area contributed by atoms with E-state index in [9.17, 15) is 13.2 Å². The number of hydrogen-bond acceptors (Lipinski definition) is 2. The average molecular weight is 255 g/mol. The third-order valence-corrected chi connectivity index (χ3v) is 2.21. The molecule has 104 valence electrons. The van der Waals surface area contributed by atoms with E-state index in [-0.39, 0.29) is 18.2 Å². The number of nitrogens with one attached hydrogen (secondary N) is 1. The molecule has 1 atom stereocenters. The summed E-state index contributed by atoms with van der Waals surface area (Å²) in [5, 5.41) is 3.25. The van der Waals surface area contributed by atoms with Crippen LogP contribution in [0, 0.1) is 0 Å². The minimum atomic E-state index is -4.13. The van der Waals surface area contributed by atoms with Crippen LogP contribution in [0.1, 0.15) is 47.0 Å². The van der Waals surface area contributed by atoms with Gasteiger partial charge in [0.25, 0.3) is 0 Å². The average Bonchev–Trinajstić information content (AvgIpc) is 2.11. The molecular weight excluding hydrogens is 231 g/mol. The SMILES string of the molecule is CCCC(CNC(C)(C)C)OCCC(F)(F)F. The fourth-order valence-corrected chi connectivity index (χ4v) is 1.33. The molecule has 0 saturated heterocycles. The molecule has 17 heavy (non-hydrogen) atoms. The van der Waals surface area contributed by atoms with Crippen molar-refractivity contribution in [2.75, 3.05) is 13.2 Å². The highest BCUT2D eigenvalue weighted by Gasteiger charge is 2.27. The van der Waals surface area contributed by atoms with Crippen molar-refractivity contribution in [1.29, 1.82) is 0 Å². The third kappa shape index (κ3) is 12.0. The summed E-state index contributed by atoms with van der Waals surface area (Å²) < 4.78 is 41.2. The molecule has 0 aliphatic heterocycles. The second-order valence-electron chi connectivity index (χ2n) is 5.28. The first-order valence-corrected chi connectivity index (χ1v) is 6.07. The Hall–Kier alpha value is -0.290. The Morgan fingerprint density at radius 2 is 1.76 bits per heavy atom. The normalized spacial score (nSPS) is 15.0. The number of halogens is 3. The second-order valence-corrected chi connectivity index (χ2v) is 5.28. The van der Waals surface area contributed by atoms with Crippen LogP contribution in [0.5, 0.6) is 0 Å². The van der Waals surface area contributed by atoms with Crippen molar-refractivity contribution < 1.29 is 17.9 Å². The van der Waals surface area contributed by atoms with Gasteiger partial charge in [0.2, 0.25) is 0 Å². The Bertz CT molecular complexity index is 199. The van der Waals surface area contributed by atoms with Crippen LogP contribution in [0.15, 0.2) is 0 Å². The van der Waals surface area contributed by atoms with E-state index in [0.717, 1.165) is 12.8 Å². The molecule has 0 radical (unpaired) electrons. The Balaban J connectivity index is 3.90. The van der Waals surface area contributed by atoms with Gasteiger partial charge < -0.3 is 10.1 Å². The van der Waals surface area contributed by atoms with Crippen molar-refractivity contribution in [2.45, 2.75) is 64.8 Å². The van der Waals surface area contributed by atoms with Crippen molar-refractivity contribution >= 4 is 0 Å². The first-order valence-electron chi connectivity index (χ1n) is 6.07. The van der Waals surface area contributed by atoms with Gasteiger partial charge in [-0.25, -0.2) is 0 Å². The number of alkyl halides is 3. The molecule has 5 heteroatoms. The lowest BCUT2D eigenvalue weighted by atomic mass is 10.1. The van der Waals surface area contributed by atoms with Gasteiger partial charge in [-0.2, -0.15) is 13.2 Å². The highest BCUT2D eigenvalue weighted by atomic mass is 19.4. The molecular formula is C12H24F3NO. The quantitative estimate of drug-likeness (QED) is 0.751. The van der Waals surface area contributed by atoms with E-state index in [0.29, 0.717) is 6.54 Å². The molecule has 0 aromatic rings. The standard InChI is InChI=1S/C12H24F3NO/c1-5-6-10(9-16-11(2,3)4)17-8-7-12(13,14)15/h10,16H,5-9H2,1-4H3. The lowest BCUT2D eigenvalue weighted by Gasteiger charge is -2.25. The lowest BCUT2D eigenvalue weighted by Crippen LogP contribution is -2.41.